The molecule has 1 aromatic carbocycles. The number of benzene rings is 1. The first-order valence-electron chi connectivity index (χ1n) is 5.46. The first kappa shape index (κ1) is 13.0. The molecule has 1 aliphatic rings. The molecule has 1 N–H and O–H groups in total. The van der Waals surface area contributed by atoms with Gasteiger partial charge in [-0.15, -0.1) is 0 Å². The summed E-state index contributed by atoms with van der Waals surface area (Å²) in [6.45, 7) is 4.96. The largest absolute Gasteiger partial charge is 0.376 e. The van der Waals surface area contributed by atoms with Crippen LogP contribution < -0.4 is 5.32 Å². The second-order valence-corrected chi connectivity index (χ2v) is 5.25. The number of hydrogen-bond donors (Lipinski definition) is 1. The molecule has 94 valence electrons. The Balaban J connectivity index is 2.00. The lowest BCUT2D eigenvalue weighted by atomic mass is 10.2. The Morgan fingerprint density at radius 3 is 2.53 bits per heavy atom. The second kappa shape index (κ2) is 5.02. The van der Waals surface area contributed by atoms with Crippen LogP contribution in [0.4, 0.5) is 5.69 Å². The third-order valence-electron chi connectivity index (χ3n) is 2.58. The van der Waals surface area contributed by atoms with Crippen LogP contribution in [0.1, 0.15) is 13.8 Å². The molecule has 1 saturated heterocycles. The SMILES string of the molecule is CC1(C)OCC(Nc2cccc(Cl)c2Cl)CO1. The van der Waals surface area contributed by atoms with Crippen LogP contribution in [0.3, 0.4) is 0 Å². The molecule has 1 fully saturated rings. The zero-order valence-corrected chi connectivity index (χ0v) is 11.3. The molecule has 1 aromatic rings. The van der Waals surface area contributed by atoms with Gasteiger partial charge in [0.2, 0.25) is 0 Å². The van der Waals surface area contributed by atoms with Crippen LogP contribution in [0.2, 0.25) is 10.0 Å². The van der Waals surface area contributed by atoms with Crippen molar-refractivity contribution in [1.82, 2.24) is 0 Å². The molecule has 5 heteroatoms. The van der Waals surface area contributed by atoms with Crippen molar-refractivity contribution in [3.05, 3.63) is 28.2 Å². The average molecular weight is 276 g/mol. The van der Waals surface area contributed by atoms with Gasteiger partial charge in [0.05, 0.1) is 35.0 Å². The average Bonchev–Trinajstić information content (AvgIpc) is 2.27. The Bertz CT molecular complexity index is 399. The van der Waals surface area contributed by atoms with Crippen LogP contribution in [0, 0.1) is 0 Å². The van der Waals surface area contributed by atoms with Crippen molar-refractivity contribution in [2.75, 3.05) is 18.5 Å². The van der Waals surface area contributed by atoms with E-state index in [4.69, 9.17) is 32.7 Å². The standard InChI is InChI=1S/C12H15Cl2NO2/c1-12(2)16-6-8(7-17-12)15-10-5-3-4-9(13)11(10)14/h3-5,8,15H,6-7H2,1-2H3. The quantitative estimate of drug-likeness (QED) is 0.896. The van der Waals surface area contributed by atoms with Crippen LogP contribution in [-0.2, 0) is 9.47 Å². The summed E-state index contributed by atoms with van der Waals surface area (Å²) in [6, 6.07) is 5.57. The van der Waals surface area contributed by atoms with Crippen molar-refractivity contribution in [3.8, 4) is 0 Å². The lowest BCUT2D eigenvalue weighted by Gasteiger charge is -2.35. The van der Waals surface area contributed by atoms with Crippen LogP contribution in [0.15, 0.2) is 18.2 Å². The molecule has 2 rings (SSSR count). The van der Waals surface area contributed by atoms with E-state index in [9.17, 15) is 0 Å². The number of halogens is 2. The lowest BCUT2D eigenvalue weighted by Crippen LogP contribution is -2.45. The molecular weight excluding hydrogens is 261 g/mol. The first-order chi connectivity index (χ1) is 7.98. The summed E-state index contributed by atoms with van der Waals surface area (Å²) in [5.41, 5.74) is 0.802. The maximum Gasteiger partial charge on any atom is 0.162 e. The van der Waals surface area contributed by atoms with E-state index in [1.807, 2.05) is 26.0 Å². The highest BCUT2D eigenvalue weighted by atomic mass is 35.5. The predicted molar refractivity (Wildman–Crippen MR) is 69.9 cm³/mol. The highest BCUT2D eigenvalue weighted by molar-refractivity contribution is 6.43. The van der Waals surface area contributed by atoms with Gasteiger partial charge >= 0.3 is 0 Å². The summed E-state index contributed by atoms with van der Waals surface area (Å²) in [5.74, 6) is -0.504. The molecule has 3 nitrogen and oxygen atoms in total. The summed E-state index contributed by atoms with van der Waals surface area (Å²) in [7, 11) is 0. The van der Waals surface area contributed by atoms with Gasteiger partial charge < -0.3 is 14.8 Å². The lowest BCUT2D eigenvalue weighted by molar-refractivity contribution is -0.247. The minimum Gasteiger partial charge on any atom is -0.376 e. The van der Waals surface area contributed by atoms with Crippen LogP contribution in [-0.4, -0.2) is 25.0 Å². The van der Waals surface area contributed by atoms with E-state index in [0.717, 1.165) is 5.69 Å². The number of rotatable bonds is 2. The number of nitrogens with one attached hydrogen (secondary N) is 1. The van der Waals surface area contributed by atoms with Gasteiger partial charge in [0.15, 0.2) is 5.79 Å². The van der Waals surface area contributed by atoms with Gasteiger partial charge in [-0.3, -0.25) is 0 Å². The number of anilines is 1. The van der Waals surface area contributed by atoms with Crippen molar-refractivity contribution in [1.29, 1.82) is 0 Å². The summed E-state index contributed by atoms with van der Waals surface area (Å²) in [5, 5.41) is 4.32. The molecule has 0 aromatic heterocycles. The minimum absolute atomic E-state index is 0.0824. The minimum atomic E-state index is -0.504. The van der Waals surface area contributed by atoms with Gasteiger partial charge in [-0.1, -0.05) is 29.3 Å². The van der Waals surface area contributed by atoms with Gasteiger partial charge in [-0.05, 0) is 26.0 Å². The number of hydrogen-bond acceptors (Lipinski definition) is 3. The van der Waals surface area contributed by atoms with Crippen molar-refractivity contribution in [2.45, 2.75) is 25.7 Å². The first-order valence-corrected chi connectivity index (χ1v) is 6.22. The van der Waals surface area contributed by atoms with Crippen molar-refractivity contribution in [3.63, 3.8) is 0 Å². The highest BCUT2D eigenvalue weighted by Gasteiger charge is 2.28. The fourth-order valence-electron chi connectivity index (χ4n) is 1.61. The molecule has 0 spiro atoms. The Hall–Kier alpha value is -0.480. The van der Waals surface area contributed by atoms with E-state index in [0.29, 0.717) is 23.3 Å². The topological polar surface area (TPSA) is 30.5 Å². The molecule has 0 radical (unpaired) electrons. The molecule has 17 heavy (non-hydrogen) atoms. The van der Waals surface area contributed by atoms with Crippen LogP contribution in [0.25, 0.3) is 0 Å². The van der Waals surface area contributed by atoms with E-state index in [1.165, 1.54) is 0 Å². The Morgan fingerprint density at radius 1 is 1.24 bits per heavy atom. The molecule has 0 saturated carbocycles. The summed E-state index contributed by atoms with van der Waals surface area (Å²) in [6.07, 6.45) is 0. The van der Waals surface area contributed by atoms with E-state index < -0.39 is 5.79 Å². The van der Waals surface area contributed by atoms with E-state index in [-0.39, 0.29) is 6.04 Å². The zero-order valence-electron chi connectivity index (χ0n) is 9.80. The summed E-state index contributed by atoms with van der Waals surface area (Å²) < 4.78 is 11.1. The molecule has 0 aliphatic carbocycles. The normalized spacial score (nSPS) is 20.2. The van der Waals surface area contributed by atoms with Gasteiger partial charge in [-0.25, -0.2) is 0 Å². The molecule has 0 atom stereocenters. The van der Waals surface area contributed by atoms with E-state index >= 15 is 0 Å². The maximum atomic E-state index is 6.09. The van der Waals surface area contributed by atoms with Gasteiger partial charge in [0.25, 0.3) is 0 Å². The Kier molecular flexibility index (Phi) is 3.83. The fourth-order valence-corrected chi connectivity index (χ4v) is 1.97. The molecule has 1 aliphatic heterocycles. The van der Waals surface area contributed by atoms with Gasteiger partial charge in [0.1, 0.15) is 0 Å². The second-order valence-electron chi connectivity index (χ2n) is 4.46. The summed E-state index contributed by atoms with van der Waals surface area (Å²) in [4.78, 5) is 0. The zero-order chi connectivity index (χ0) is 12.5. The molecule has 0 bridgehead atoms. The van der Waals surface area contributed by atoms with Crippen molar-refractivity contribution < 1.29 is 9.47 Å². The highest BCUT2D eigenvalue weighted by Crippen LogP contribution is 2.30. The van der Waals surface area contributed by atoms with Gasteiger partial charge in [0, 0.05) is 0 Å². The fraction of sp³-hybridized carbons (Fsp3) is 0.500. The molecule has 0 amide bonds. The van der Waals surface area contributed by atoms with E-state index in [2.05, 4.69) is 5.32 Å². The number of ether oxygens (including phenoxy) is 2. The third-order valence-corrected chi connectivity index (χ3v) is 3.39. The monoisotopic (exact) mass is 275 g/mol. The van der Waals surface area contributed by atoms with Crippen LogP contribution in [0.5, 0.6) is 0 Å². The Morgan fingerprint density at radius 2 is 1.88 bits per heavy atom. The molecule has 1 heterocycles. The van der Waals surface area contributed by atoms with Gasteiger partial charge in [-0.2, -0.15) is 0 Å². The van der Waals surface area contributed by atoms with E-state index in [1.54, 1.807) is 6.07 Å². The molecule has 0 unspecified atom stereocenters. The predicted octanol–water partition coefficient (Wildman–Crippen LogP) is 3.56. The molecular formula is C12H15Cl2NO2. The third kappa shape index (κ3) is 3.26. The van der Waals surface area contributed by atoms with Crippen LogP contribution >= 0.6 is 23.2 Å². The smallest absolute Gasteiger partial charge is 0.162 e. The van der Waals surface area contributed by atoms with Crippen molar-refractivity contribution >= 4 is 28.9 Å². The maximum absolute atomic E-state index is 6.09. The summed E-state index contributed by atoms with van der Waals surface area (Å²) >= 11 is 12.0. The van der Waals surface area contributed by atoms with Crippen molar-refractivity contribution in [2.24, 2.45) is 0 Å². The Labute approximate surface area is 111 Å².